The molecule has 10 heteroatoms. The van der Waals surface area contributed by atoms with Gasteiger partial charge in [-0.25, -0.2) is 0 Å². The normalized spacial score (nSPS) is 20.0. The van der Waals surface area contributed by atoms with Gasteiger partial charge in [0, 0.05) is 35.2 Å². The minimum Gasteiger partial charge on any atom is -0.496 e. The van der Waals surface area contributed by atoms with Crippen LogP contribution in [0.5, 0.6) is 5.75 Å². The minimum absolute atomic E-state index is 0.138. The standard InChI is InChI=1S/C25H32BrN5O4/c1-4-11-30-23(33)20-13-19(22(32)27-14-16-12-17(26)9-10-21(16)35-3)29-31(20)15-25(30,2)24(34)28-18-7-5-6-8-18/h9-10,12-13,18H,4-8,11,14-15H2,1-3H3,(H,27,32)(H,28,34)/t25-/m1/s1. The molecule has 0 spiro atoms. The van der Waals surface area contributed by atoms with Crippen molar-refractivity contribution in [3.63, 3.8) is 0 Å². The number of methoxy groups -OCH3 is 1. The van der Waals surface area contributed by atoms with Crippen LogP contribution in [0.4, 0.5) is 0 Å². The van der Waals surface area contributed by atoms with Gasteiger partial charge in [-0.05, 0) is 44.4 Å². The van der Waals surface area contributed by atoms with Gasteiger partial charge in [-0.1, -0.05) is 35.7 Å². The van der Waals surface area contributed by atoms with Crippen molar-refractivity contribution in [1.82, 2.24) is 25.3 Å². The number of nitrogens with zero attached hydrogens (tertiary/aromatic N) is 3. The fraction of sp³-hybridized carbons (Fsp3) is 0.520. The Labute approximate surface area is 213 Å². The predicted octanol–water partition coefficient (Wildman–Crippen LogP) is 3.27. The summed E-state index contributed by atoms with van der Waals surface area (Å²) in [5.41, 5.74) is 0.182. The van der Waals surface area contributed by atoms with Gasteiger partial charge in [0.1, 0.15) is 17.0 Å². The van der Waals surface area contributed by atoms with Crippen molar-refractivity contribution < 1.29 is 19.1 Å². The number of hydrogen-bond acceptors (Lipinski definition) is 5. The molecule has 188 valence electrons. The number of aromatic nitrogens is 2. The molecule has 1 fully saturated rings. The third-order valence-corrected chi connectivity index (χ3v) is 7.33. The van der Waals surface area contributed by atoms with Gasteiger partial charge in [0.05, 0.1) is 13.7 Å². The summed E-state index contributed by atoms with van der Waals surface area (Å²) in [6.45, 7) is 4.64. The molecule has 2 heterocycles. The molecule has 1 aromatic heterocycles. The van der Waals surface area contributed by atoms with Crippen LogP contribution in [0, 0.1) is 0 Å². The molecule has 9 nitrogen and oxygen atoms in total. The number of amides is 3. The highest BCUT2D eigenvalue weighted by Gasteiger charge is 2.48. The second-order valence-electron chi connectivity index (χ2n) is 9.40. The van der Waals surface area contributed by atoms with Gasteiger partial charge in [0.2, 0.25) is 5.91 Å². The molecule has 0 unspecified atom stereocenters. The van der Waals surface area contributed by atoms with E-state index in [0.717, 1.165) is 35.7 Å². The number of rotatable bonds is 8. The maximum absolute atomic E-state index is 13.4. The Morgan fingerprint density at radius 2 is 2.00 bits per heavy atom. The van der Waals surface area contributed by atoms with Gasteiger partial charge in [-0.3, -0.25) is 19.1 Å². The van der Waals surface area contributed by atoms with E-state index >= 15 is 0 Å². The lowest BCUT2D eigenvalue weighted by atomic mass is 9.94. The van der Waals surface area contributed by atoms with Gasteiger partial charge in [-0.15, -0.1) is 0 Å². The van der Waals surface area contributed by atoms with E-state index < -0.39 is 11.4 Å². The Morgan fingerprint density at radius 1 is 1.26 bits per heavy atom. The van der Waals surface area contributed by atoms with E-state index in [0.29, 0.717) is 24.4 Å². The maximum Gasteiger partial charge on any atom is 0.273 e. The molecule has 0 radical (unpaired) electrons. The molecule has 1 aromatic carbocycles. The van der Waals surface area contributed by atoms with E-state index in [9.17, 15) is 14.4 Å². The molecule has 2 aromatic rings. The Kier molecular flexibility index (Phi) is 7.49. The fourth-order valence-corrected chi connectivity index (χ4v) is 5.30. The van der Waals surface area contributed by atoms with E-state index in [1.54, 1.807) is 18.9 Å². The van der Waals surface area contributed by atoms with Crippen LogP contribution >= 0.6 is 15.9 Å². The summed E-state index contributed by atoms with van der Waals surface area (Å²) < 4.78 is 7.74. The Balaban J connectivity index is 1.54. The van der Waals surface area contributed by atoms with Crippen molar-refractivity contribution in [3.05, 3.63) is 45.7 Å². The maximum atomic E-state index is 13.4. The molecule has 3 amide bonds. The molecule has 1 atom stereocenters. The topological polar surface area (TPSA) is 106 Å². The van der Waals surface area contributed by atoms with Gasteiger partial charge < -0.3 is 20.3 Å². The van der Waals surface area contributed by atoms with Crippen LogP contribution in [0.2, 0.25) is 0 Å². The lowest BCUT2D eigenvalue weighted by Gasteiger charge is -2.43. The monoisotopic (exact) mass is 545 g/mol. The Hall–Kier alpha value is -2.88. The highest BCUT2D eigenvalue weighted by molar-refractivity contribution is 9.10. The second-order valence-corrected chi connectivity index (χ2v) is 10.3. The zero-order valence-electron chi connectivity index (χ0n) is 20.4. The average Bonchev–Trinajstić information content (AvgIpc) is 3.50. The molecular formula is C25H32BrN5O4. The molecule has 1 saturated carbocycles. The van der Waals surface area contributed by atoms with Crippen molar-refractivity contribution >= 4 is 33.7 Å². The predicted molar refractivity (Wildman–Crippen MR) is 134 cm³/mol. The third-order valence-electron chi connectivity index (χ3n) is 6.84. The number of halogens is 1. The van der Waals surface area contributed by atoms with Crippen LogP contribution in [-0.4, -0.2) is 57.6 Å². The first-order valence-corrected chi connectivity index (χ1v) is 12.9. The van der Waals surface area contributed by atoms with Crippen molar-refractivity contribution in [2.75, 3.05) is 13.7 Å². The number of fused-ring (bicyclic) bond motifs is 1. The molecule has 4 rings (SSSR count). The zero-order valence-corrected chi connectivity index (χ0v) is 22.0. The first-order valence-electron chi connectivity index (χ1n) is 12.1. The summed E-state index contributed by atoms with van der Waals surface area (Å²) in [7, 11) is 1.57. The van der Waals surface area contributed by atoms with Gasteiger partial charge in [-0.2, -0.15) is 5.10 Å². The van der Waals surface area contributed by atoms with Crippen molar-refractivity contribution in [3.8, 4) is 5.75 Å². The first kappa shape index (κ1) is 25.2. The van der Waals surface area contributed by atoms with Crippen molar-refractivity contribution in [2.45, 2.75) is 70.6 Å². The van der Waals surface area contributed by atoms with Crippen LogP contribution in [0.1, 0.15) is 72.5 Å². The molecule has 1 aliphatic heterocycles. The van der Waals surface area contributed by atoms with Crippen LogP contribution < -0.4 is 15.4 Å². The minimum atomic E-state index is -1.08. The van der Waals surface area contributed by atoms with E-state index in [-0.39, 0.29) is 36.6 Å². The van der Waals surface area contributed by atoms with E-state index in [2.05, 4.69) is 31.7 Å². The molecule has 2 aliphatic rings. The quantitative estimate of drug-likeness (QED) is 0.529. The summed E-state index contributed by atoms with van der Waals surface area (Å²) >= 11 is 3.43. The number of ether oxygens (including phenoxy) is 1. The number of nitrogens with one attached hydrogen (secondary N) is 2. The highest BCUT2D eigenvalue weighted by atomic mass is 79.9. The largest absolute Gasteiger partial charge is 0.496 e. The first-order chi connectivity index (χ1) is 16.8. The van der Waals surface area contributed by atoms with Crippen LogP contribution in [0.15, 0.2) is 28.7 Å². The number of carbonyl (C=O) groups is 3. The molecule has 1 aliphatic carbocycles. The summed E-state index contributed by atoms with van der Waals surface area (Å²) in [5.74, 6) is -0.199. The fourth-order valence-electron chi connectivity index (χ4n) is 4.89. The van der Waals surface area contributed by atoms with E-state index in [1.807, 2.05) is 25.1 Å². The van der Waals surface area contributed by atoms with Crippen LogP contribution in [-0.2, 0) is 17.9 Å². The Morgan fingerprint density at radius 3 is 2.69 bits per heavy atom. The number of hydrogen-bond donors (Lipinski definition) is 2. The summed E-state index contributed by atoms with van der Waals surface area (Å²) in [6, 6.07) is 7.21. The van der Waals surface area contributed by atoms with E-state index in [1.165, 1.54) is 10.7 Å². The summed E-state index contributed by atoms with van der Waals surface area (Å²) in [5, 5.41) is 10.4. The Bertz CT molecular complexity index is 1130. The lowest BCUT2D eigenvalue weighted by molar-refractivity contribution is -0.133. The van der Waals surface area contributed by atoms with Gasteiger partial charge in [0.25, 0.3) is 11.8 Å². The smallest absolute Gasteiger partial charge is 0.273 e. The third kappa shape index (κ3) is 5.07. The second kappa shape index (κ2) is 10.4. The molecular weight excluding hydrogens is 514 g/mol. The van der Waals surface area contributed by atoms with Crippen molar-refractivity contribution in [1.29, 1.82) is 0 Å². The summed E-state index contributed by atoms with van der Waals surface area (Å²) in [4.78, 5) is 41.3. The number of benzene rings is 1. The lowest BCUT2D eigenvalue weighted by Crippen LogP contribution is -2.65. The summed E-state index contributed by atoms with van der Waals surface area (Å²) in [6.07, 6.45) is 4.85. The highest BCUT2D eigenvalue weighted by Crippen LogP contribution is 2.29. The van der Waals surface area contributed by atoms with Crippen molar-refractivity contribution in [2.24, 2.45) is 0 Å². The molecule has 0 bridgehead atoms. The van der Waals surface area contributed by atoms with Crippen LogP contribution in [0.25, 0.3) is 0 Å². The number of carbonyl (C=O) groups excluding carboxylic acids is 3. The van der Waals surface area contributed by atoms with Gasteiger partial charge in [0.15, 0.2) is 5.69 Å². The SMILES string of the molecule is CCCN1C(=O)c2cc(C(=O)NCc3cc(Br)ccc3OC)nn2C[C@]1(C)C(=O)NC1CCCC1. The molecule has 35 heavy (non-hydrogen) atoms. The molecule has 2 N–H and O–H groups in total. The van der Waals surface area contributed by atoms with Gasteiger partial charge >= 0.3 is 0 Å². The van der Waals surface area contributed by atoms with E-state index in [4.69, 9.17) is 4.74 Å². The molecule has 0 saturated heterocycles. The van der Waals surface area contributed by atoms with Crippen LogP contribution in [0.3, 0.4) is 0 Å². The average molecular weight is 546 g/mol. The zero-order chi connectivity index (χ0) is 25.2.